The molecular formula is C22H42N8O5. The molecule has 0 saturated carbocycles. The van der Waals surface area contributed by atoms with Crippen molar-refractivity contribution in [3.8, 4) is 0 Å². The third-order valence-corrected chi connectivity index (χ3v) is 5.93. The standard InChI is InChI=1S/C22H42N8O5/c1-13(2)17(21(34)35)29-18(31)15(8-3-4-10-23)28-19(32)16-9-6-12-30(16)20(33)14(24)7-5-11-27-22(25)26/h13-17H,3-12,23-24H2,1-2H3,(H,28,32)(H,29,31)(H,34,35)(H4,25,26,27). The van der Waals surface area contributed by atoms with Gasteiger partial charge in [-0.1, -0.05) is 13.8 Å². The van der Waals surface area contributed by atoms with Crippen molar-refractivity contribution in [1.29, 1.82) is 0 Å². The molecule has 1 fully saturated rings. The second-order valence-electron chi connectivity index (χ2n) is 9.16. The predicted molar refractivity (Wildman–Crippen MR) is 132 cm³/mol. The molecule has 1 heterocycles. The molecule has 0 spiro atoms. The lowest BCUT2D eigenvalue weighted by Crippen LogP contribution is -2.57. The van der Waals surface area contributed by atoms with Crippen LogP contribution in [0.4, 0.5) is 0 Å². The molecule has 3 amide bonds. The number of nitrogens with zero attached hydrogens (tertiary/aromatic N) is 2. The van der Waals surface area contributed by atoms with Crippen LogP contribution in [0.2, 0.25) is 0 Å². The molecule has 0 bridgehead atoms. The first-order valence-electron chi connectivity index (χ1n) is 12.1. The summed E-state index contributed by atoms with van der Waals surface area (Å²) in [7, 11) is 0. The normalized spacial score (nSPS) is 18.0. The van der Waals surface area contributed by atoms with Crippen molar-refractivity contribution < 1.29 is 24.3 Å². The summed E-state index contributed by atoms with van der Waals surface area (Å²) in [6, 6.07) is -3.58. The van der Waals surface area contributed by atoms with Gasteiger partial charge in [0.25, 0.3) is 0 Å². The van der Waals surface area contributed by atoms with Crippen molar-refractivity contribution in [2.24, 2.45) is 33.8 Å². The van der Waals surface area contributed by atoms with Crippen molar-refractivity contribution in [3.63, 3.8) is 0 Å². The molecule has 11 N–H and O–H groups in total. The molecule has 0 aromatic rings. The van der Waals surface area contributed by atoms with E-state index < -0.39 is 42.0 Å². The van der Waals surface area contributed by atoms with Crippen LogP contribution in [0, 0.1) is 5.92 Å². The van der Waals surface area contributed by atoms with Gasteiger partial charge < -0.3 is 43.6 Å². The van der Waals surface area contributed by atoms with Crippen molar-refractivity contribution >= 4 is 29.7 Å². The van der Waals surface area contributed by atoms with E-state index in [0.29, 0.717) is 64.6 Å². The monoisotopic (exact) mass is 498 g/mol. The fourth-order valence-corrected chi connectivity index (χ4v) is 3.96. The number of likely N-dealkylation sites (tertiary alicyclic amines) is 1. The molecule has 13 heteroatoms. The number of unbranched alkanes of at least 4 members (excludes halogenated alkanes) is 1. The lowest BCUT2D eigenvalue weighted by atomic mass is 10.0. The molecule has 1 rings (SSSR count). The Morgan fingerprint density at radius 3 is 2.34 bits per heavy atom. The Morgan fingerprint density at radius 2 is 1.77 bits per heavy atom. The summed E-state index contributed by atoms with van der Waals surface area (Å²) in [5.41, 5.74) is 22.2. The quantitative estimate of drug-likeness (QED) is 0.0765. The van der Waals surface area contributed by atoms with E-state index in [2.05, 4.69) is 15.6 Å². The maximum absolute atomic E-state index is 13.1. The molecule has 0 aliphatic carbocycles. The largest absolute Gasteiger partial charge is 0.480 e. The number of rotatable bonds is 15. The highest BCUT2D eigenvalue weighted by molar-refractivity contribution is 5.94. The second kappa shape index (κ2) is 15.1. The average molecular weight is 499 g/mol. The van der Waals surface area contributed by atoms with Crippen LogP contribution in [0.1, 0.15) is 58.8 Å². The minimum Gasteiger partial charge on any atom is -0.480 e. The third-order valence-electron chi connectivity index (χ3n) is 5.93. The highest BCUT2D eigenvalue weighted by atomic mass is 16.4. The minimum absolute atomic E-state index is 0.0331. The van der Waals surface area contributed by atoms with Crippen molar-refractivity contribution in [1.82, 2.24) is 15.5 Å². The van der Waals surface area contributed by atoms with Gasteiger partial charge in [0.05, 0.1) is 6.04 Å². The maximum Gasteiger partial charge on any atom is 0.326 e. The molecule has 0 aromatic heterocycles. The van der Waals surface area contributed by atoms with E-state index in [1.54, 1.807) is 13.8 Å². The fourth-order valence-electron chi connectivity index (χ4n) is 3.96. The summed E-state index contributed by atoms with van der Waals surface area (Å²) in [4.78, 5) is 55.7. The zero-order valence-corrected chi connectivity index (χ0v) is 20.7. The average Bonchev–Trinajstić information content (AvgIpc) is 3.28. The first-order valence-corrected chi connectivity index (χ1v) is 12.1. The van der Waals surface area contributed by atoms with Crippen LogP contribution in [0.15, 0.2) is 4.99 Å². The van der Waals surface area contributed by atoms with Crippen molar-refractivity contribution in [2.45, 2.75) is 83.0 Å². The minimum atomic E-state index is -1.15. The number of hydrogen-bond donors (Lipinski definition) is 7. The lowest BCUT2D eigenvalue weighted by Gasteiger charge is -2.29. The highest BCUT2D eigenvalue weighted by Gasteiger charge is 2.37. The summed E-state index contributed by atoms with van der Waals surface area (Å²) in [5.74, 6) is -2.91. The zero-order valence-electron chi connectivity index (χ0n) is 20.7. The van der Waals surface area contributed by atoms with E-state index in [4.69, 9.17) is 22.9 Å². The van der Waals surface area contributed by atoms with Gasteiger partial charge in [-0.05, 0) is 57.4 Å². The summed E-state index contributed by atoms with van der Waals surface area (Å²) < 4.78 is 0. The molecule has 200 valence electrons. The van der Waals surface area contributed by atoms with Crippen LogP contribution in [0.5, 0.6) is 0 Å². The Hall–Kier alpha value is -2.93. The highest BCUT2D eigenvalue weighted by Crippen LogP contribution is 2.20. The zero-order chi connectivity index (χ0) is 26.5. The second-order valence-corrected chi connectivity index (χ2v) is 9.16. The SMILES string of the molecule is CC(C)C(NC(=O)C(CCCCN)NC(=O)C1CCCN1C(=O)C(N)CCCN=C(N)N)C(=O)O. The number of nitrogens with one attached hydrogen (secondary N) is 2. The van der Waals surface area contributed by atoms with E-state index in [1.807, 2.05) is 0 Å². The molecule has 4 unspecified atom stereocenters. The number of carbonyl (C=O) groups is 4. The van der Waals surface area contributed by atoms with Gasteiger partial charge in [0.2, 0.25) is 17.7 Å². The van der Waals surface area contributed by atoms with Crippen LogP contribution in [0.3, 0.4) is 0 Å². The topological polar surface area (TPSA) is 232 Å². The van der Waals surface area contributed by atoms with Crippen LogP contribution in [0.25, 0.3) is 0 Å². The van der Waals surface area contributed by atoms with Gasteiger partial charge >= 0.3 is 5.97 Å². The van der Waals surface area contributed by atoms with Gasteiger partial charge in [0.1, 0.15) is 18.1 Å². The number of aliphatic carboxylic acids is 1. The van der Waals surface area contributed by atoms with E-state index in [9.17, 15) is 24.3 Å². The Kier molecular flexibility index (Phi) is 13.0. The summed E-state index contributed by atoms with van der Waals surface area (Å²) in [6.45, 7) is 4.53. The lowest BCUT2D eigenvalue weighted by molar-refractivity contribution is -0.144. The molecule has 4 atom stereocenters. The van der Waals surface area contributed by atoms with E-state index >= 15 is 0 Å². The van der Waals surface area contributed by atoms with Gasteiger partial charge in [-0.3, -0.25) is 19.4 Å². The number of aliphatic imine (C=N–C) groups is 1. The predicted octanol–water partition coefficient (Wildman–Crippen LogP) is -1.80. The number of nitrogens with two attached hydrogens (primary N) is 4. The Bertz CT molecular complexity index is 756. The third kappa shape index (κ3) is 10.1. The maximum atomic E-state index is 13.1. The molecular weight excluding hydrogens is 456 g/mol. The number of carboxylic acids is 1. The van der Waals surface area contributed by atoms with E-state index in [-0.39, 0.29) is 17.8 Å². The number of carboxylic acid groups (broad SMARTS) is 1. The van der Waals surface area contributed by atoms with Gasteiger partial charge in [0.15, 0.2) is 5.96 Å². The summed E-state index contributed by atoms with van der Waals surface area (Å²) in [6.07, 6.45) is 3.46. The van der Waals surface area contributed by atoms with Gasteiger partial charge in [-0.25, -0.2) is 4.79 Å². The van der Waals surface area contributed by atoms with Crippen molar-refractivity contribution in [3.05, 3.63) is 0 Å². The van der Waals surface area contributed by atoms with Crippen molar-refractivity contribution in [2.75, 3.05) is 19.6 Å². The van der Waals surface area contributed by atoms with Crippen LogP contribution in [-0.2, 0) is 19.2 Å². The number of carbonyl (C=O) groups excluding carboxylic acids is 3. The molecule has 35 heavy (non-hydrogen) atoms. The van der Waals surface area contributed by atoms with Gasteiger partial charge in [-0.15, -0.1) is 0 Å². The molecule has 13 nitrogen and oxygen atoms in total. The van der Waals surface area contributed by atoms with Crippen LogP contribution < -0.4 is 33.6 Å². The summed E-state index contributed by atoms with van der Waals surface area (Å²) in [5, 5.41) is 14.6. The first-order chi connectivity index (χ1) is 16.5. The Labute approximate surface area is 206 Å². The number of amides is 3. The number of hydrogen-bond acceptors (Lipinski definition) is 7. The molecule has 1 saturated heterocycles. The van der Waals surface area contributed by atoms with Gasteiger partial charge in [-0.2, -0.15) is 0 Å². The molecule has 1 aliphatic heterocycles. The molecule has 0 aromatic carbocycles. The first kappa shape index (κ1) is 30.1. The van der Waals surface area contributed by atoms with E-state index in [0.717, 1.165) is 0 Å². The number of guanidine groups is 1. The smallest absolute Gasteiger partial charge is 0.326 e. The van der Waals surface area contributed by atoms with Gasteiger partial charge in [0, 0.05) is 13.1 Å². The summed E-state index contributed by atoms with van der Waals surface area (Å²) >= 11 is 0. The van der Waals surface area contributed by atoms with Crippen LogP contribution >= 0.6 is 0 Å². The molecule has 0 radical (unpaired) electrons. The van der Waals surface area contributed by atoms with E-state index in [1.165, 1.54) is 4.90 Å². The Balaban J connectivity index is 2.84. The fraction of sp³-hybridized carbons (Fsp3) is 0.773. The molecule has 1 aliphatic rings. The Morgan fingerprint density at radius 1 is 1.09 bits per heavy atom. The van der Waals surface area contributed by atoms with Crippen LogP contribution in [-0.4, -0.2) is 83.5 Å².